The van der Waals surface area contributed by atoms with E-state index in [-0.39, 0.29) is 24.1 Å². The summed E-state index contributed by atoms with van der Waals surface area (Å²) in [6.45, 7) is 8.62. The number of aliphatic imine (C=N–C) groups is 1. The average Bonchev–Trinajstić information content (AvgIpc) is 2.67. The Labute approximate surface area is 171 Å². The fourth-order valence-electron chi connectivity index (χ4n) is 3.79. The molecule has 0 radical (unpaired) electrons. The van der Waals surface area contributed by atoms with E-state index in [2.05, 4.69) is 9.89 Å². The number of benzene rings is 1. The molecule has 160 valence electrons. The monoisotopic (exact) mass is 407 g/mol. The summed E-state index contributed by atoms with van der Waals surface area (Å²) in [6, 6.07) is 3.24. The van der Waals surface area contributed by atoms with Crippen LogP contribution in [-0.2, 0) is 9.47 Å². The number of carbonyl (C=O) groups is 1. The zero-order valence-corrected chi connectivity index (χ0v) is 17.8. The summed E-state index contributed by atoms with van der Waals surface area (Å²) in [5.41, 5.74) is 0.617. The predicted octanol–water partition coefficient (Wildman–Crippen LogP) is 2.88. The SMILES string of the molecule is CN=Cc1c(F)ccc([C@H]2CN3CCN(C(=O)OC(C)(C)C)C[C@H]3CO2)c1OC. The first-order valence-electron chi connectivity index (χ1n) is 9.85. The van der Waals surface area contributed by atoms with Crippen LogP contribution < -0.4 is 4.74 Å². The van der Waals surface area contributed by atoms with Crippen molar-refractivity contribution in [3.05, 3.63) is 29.1 Å². The van der Waals surface area contributed by atoms with Gasteiger partial charge in [-0.15, -0.1) is 0 Å². The normalized spacial score (nSPS) is 23.2. The number of rotatable bonds is 3. The molecule has 0 N–H and O–H groups in total. The van der Waals surface area contributed by atoms with E-state index in [9.17, 15) is 9.18 Å². The maximum absolute atomic E-state index is 14.2. The van der Waals surface area contributed by atoms with Crippen molar-refractivity contribution in [2.75, 3.05) is 46.9 Å². The molecule has 1 amide bonds. The van der Waals surface area contributed by atoms with Crippen LogP contribution >= 0.6 is 0 Å². The maximum atomic E-state index is 14.2. The number of fused-ring (bicyclic) bond motifs is 1. The van der Waals surface area contributed by atoms with Gasteiger partial charge in [0.15, 0.2) is 0 Å². The van der Waals surface area contributed by atoms with Crippen molar-refractivity contribution in [3.8, 4) is 5.75 Å². The summed E-state index contributed by atoms with van der Waals surface area (Å²) in [4.78, 5) is 20.4. The van der Waals surface area contributed by atoms with Crippen molar-refractivity contribution in [1.82, 2.24) is 9.80 Å². The van der Waals surface area contributed by atoms with Crippen molar-refractivity contribution in [2.24, 2.45) is 4.99 Å². The van der Waals surface area contributed by atoms with Crippen LogP contribution in [0.5, 0.6) is 5.75 Å². The van der Waals surface area contributed by atoms with Gasteiger partial charge >= 0.3 is 6.09 Å². The summed E-state index contributed by atoms with van der Waals surface area (Å²) in [5.74, 6) is 0.0716. The van der Waals surface area contributed by atoms with Crippen molar-refractivity contribution in [1.29, 1.82) is 0 Å². The topological polar surface area (TPSA) is 63.6 Å². The summed E-state index contributed by atoms with van der Waals surface area (Å²) < 4.78 is 31.3. The van der Waals surface area contributed by atoms with Crippen molar-refractivity contribution in [2.45, 2.75) is 38.5 Å². The Balaban J connectivity index is 1.71. The van der Waals surface area contributed by atoms with Crippen LogP contribution in [0.3, 0.4) is 0 Å². The van der Waals surface area contributed by atoms with E-state index in [1.165, 1.54) is 19.4 Å². The Bertz CT molecular complexity index is 778. The second-order valence-electron chi connectivity index (χ2n) is 8.37. The lowest BCUT2D eigenvalue weighted by atomic mass is 10.00. The van der Waals surface area contributed by atoms with Gasteiger partial charge < -0.3 is 19.1 Å². The summed E-state index contributed by atoms with van der Waals surface area (Å²) in [6.07, 6.45) is 0.935. The molecule has 0 unspecified atom stereocenters. The molecule has 2 atom stereocenters. The van der Waals surface area contributed by atoms with Crippen LogP contribution in [0, 0.1) is 5.82 Å². The van der Waals surface area contributed by atoms with Crippen LogP contribution in [0.25, 0.3) is 0 Å². The largest absolute Gasteiger partial charge is 0.496 e. The Kier molecular flexibility index (Phi) is 6.43. The molecule has 2 aliphatic rings. The van der Waals surface area contributed by atoms with E-state index in [0.717, 1.165) is 12.1 Å². The van der Waals surface area contributed by atoms with E-state index in [0.29, 0.717) is 37.6 Å². The fourth-order valence-corrected chi connectivity index (χ4v) is 3.79. The number of morpholine rings is 1. The van der Waals surface area contributed by atoms with Crippen molar-refractivity contribution < 1.29 is 23.4 Å². The maximum Gasteiger partial charge on any atom is 0.410 e. The zero-order chi connectivity index (χ0) is 21.2. The number of nitrogens with zero attached hydrogens (tertiary/aromatic N) is 3. The van der Waals surface area contributed by atoms with Crippen LogP contribution in [0.2, 0.25) is 0 Å². The Hall–Kier alpha value is -2.19. The van der Waals surface area contributed by atoms with Crippen LogP contribution in [0.1, 0.15) is 38.0 Å². The van der Waals surface area contributed by atoms with Crippen molar-refractivity contribution in [3.63, 3.8) is 0 Å². The zero-order valence-electron chi connectivity index (χ0n) is 17.8. The number of piperazine rings is 1. The quantitative estimate of drug-likeness (QED) is 0.721. The smallest absolute Gasteiger partial charge is 0.410 e. The second kappa shape index (κ2) is 8.67. The number of hydrogen-bond donors (Lipinski definition) is 0. The molecular weight excluding hydrogens is 377 g/mol. The van der Waals surface area contributed by atoms with Gasteiger partial charge in [0.05, 0.1) is 31.4 Å². The molecule has 0 spiro atoms. The van der Waals surface area contributed by atoms with Gasteiger partial charge in [-0.3, -0.25) is 9.89 Å². The number of amides is 1. The van der Waals surface area contributed by atoms with Crippen LogP contribution in [0.4, 0.5) is 9.18 Å². The molecule has 1 aromatic rings. The Morgan fingerprint density at radius 1 is 1.31 bits per heavy atom. The highest BCUT2D eigenvalue weighted by molar-refractivity contribution is 5.84. The summed E-state index contributed by atoms with van der Waals surface area (Å²) >= 11 is 0. The van der Waals surface area contributed by atoms with E-state index >= 15 is 0 Å². The minimum Gasteiger partial charge on any atom is -0.496 e. The molecular formula is C21H30FN3O4. The summed E-state index contributed by atoms with van der Waals surface area (Å²) in [7, 11) is 3.12. The van der Waals surface area contributed by atoms with Crippen molar-refractivity contribution >= 4 is 12.3 Å². The molecule has 7 nitrogen and oxygen atoms in total. The predicted molar refractivity (Wildman–Crippen MR) is 108 cm³/mol. The minimum absolute atomic E-state index is 0.107. The molecule has 0 bridgehead atoms. The molecule has 2 saturated heterocycles. The molecule has 0 aromatic heterocycles. The highest BCUT2D eigenvalue weighted by atomic mass is 19.1. The molecule has 3 rings (SSSR count). The molecule has 2 aliphatic heterocycles. The molecule has 29 heavy (non-hydrogen) atoms. The Morgan fingerprint density at radius 3 is 2.72 bits per heavy atom. The molecule has 2 heterocycles. The van der Waals surface area contributed by atoms with Gasteiger partial charge in [-0.05, 0) is 32.9 Å². The minimum atomic E-state index is -0.513. The molecule has 1 aromatic carbocycles. The van der Waals surface area contributed by atoms with E-state index in [4.69, 9.17) is 14.2 Å². The average molecular weight is 407 g/mol. The van der Waals surface area contributed by atoms with Gasteiger partial charge in [-0.1, -0.05) is 0 Å². The third-order valence-electron chi connectivity index (χ3n) is 5.13. The van der Waals surface area contributed by atoms with Crippen LogP contribution in [-0.4, -0.2) is 80.7 Å². The third kappa shape index (κ3) is 4.87. The summed E-state index contributed by atoms with van der Waals surface area (Å²) in [5, 5.41) is 0. The van der Waals surface area contributed by atoms with Gasteiger partial charge in [-0.2, -0.15) is 0 Å². The number of methoxy groups -OCH3 is 1. The molecule has 0 aliphatic carbocycles. The third-order valence-corrected chi connectivity index (χ3v) is 5.13. The van der Waals surface area contributed by atoms with Gasteiger partial charge in [0.1, 0.15) is 17.2 Å². The highest BCUT2D eigenvalue weighted by Gasteiger charge is 2.37. The van der Waals surface area contributed by atoms with Crippen LogP contribution in [0.15, 0.2) is 17.1 Å². The van der Waals surface area contributed by atoms with Gasteiger partial charge in [0.2, 0.25) is 0 Å². The number of ether oxygens (including phenoxy) is 3. The standard InChI is InChI=1S/C21H30FN3O4/c1-21(2,3)29-20(26)25-9-8-24-12-18(28-13-14(24)11-25)15-6-7-17(22)16(10-23-4)19(15)27-5/h6-7,10,14,18H,8-9,11-13H2,1-5H3/t14-,18+/m0/s1. The molecule has 0 saturated carbocycles. The molecule has 2 fully saturated rings. The second-order valence-corrected chi connectivity index (χ2v) is 8.37. The number of carbonyl (C=O) groups excluding carboxylic acids is 1. The first-order chi connectivity index (χ1) is 13.7. The lowest BCUT2D eigenvalue weighted by Crippen LogP contribution is -2.60. The van der Waals surface area contributed by atoms with E-state index < -0.39 is 5.60 Å². The fraction of sp³-hybridized carbons (Fsp3) is 0.619. The first kappa shape index (κ1) is 21.5. The van der Waals surface area contributed by atoms with Gasteiger partial charge in [-0.25, -0.2) is 9.18 Å². The lowest BCUT2D eigenvalue weighted by Gasteiger charge is -2.46. The number of hydrogen-bond acceptors (Lipinski definition) is 6. The highest BCUT2D eigenvalue weighted by Crippen LogP contribution is 2.35. The van der Waals surface area contributed by atoms with E-state index in [1.807, 2.05) is 20.8 Å². The van der Waals surface area contributed by atoms with E-state index in [1.54, 1.807) is 18.0 Å². The number of halogens is 1. The Morgan fingerprint density at radius 2 is 2.07 bits per heavy atom. The molecule has 8 heteroatoms. The van der Waals surface area contributed by atoms with Gasteiger partial charge in [0.25, 0.3) is 0 Å². The van der Waals surface area contributed by atoms with Gasteiger partial charge in [0, 0.05) is 45.0 Å². The first-order valence-corrected chi connectivity index (χ1v) is 9.85. The lowest BCUT2D eigenvalue weighted by molar-refractivity contribution is -0.0911.